The second-order valence-electron chi connectivity index (χ2n) is 4.05. The molecule has 0 saturated carbocycles. The normalized spacial score (nSPS) is 22.6. The van der Waals surface area contributed by atoms with Crippen molar-refractivity contribution in [2.45, 2.75) is 11.7 Å². The molecule has 1 atom stereocenters. The van der Waals surface area contributed by atoms with Crippen molar-refractivity contribution in [3.05, 3.63) is 24.3 Å². The highest BCUT2D eigenvalue weighted by atomic mass is 32.2. The van der Waals surface area contributed by atoms with Gasteiger partial charge in [0.1, 0.15) is 11.0 Å². The smallest absolute Gasteiger partial charge is 0.243 e. The maximum atomic E-state index is 12.2. The Labute approximate surface area is 107 Å². The highest BCUT2D eigenvalue weighted by molar-refractivity contribution is 7.94. The average Bonchev–Trinajstić information content (AvgIpc) is 2.66. The minimum absolute atomic E-state index is 0.491. The van der Waals surface area contributed by atoms with Crippen LogP contribution in [0.25, 0.3) is 0 Å². The third-order valence-electron chi connectivity index (χ3n) is 2.98. The summed E-state index contributed by atoms with van der Waals surface area (Å²) in [7, 11) is -0.152. The summed E-state index contributed by atoms with van der Waals surface area (Å²) >= 11 is 0. The van der Waals surface area contributed by atoms with Crippen molar-refractivity contribution in [3.63, 3.8) is 0 Å². The van der Waals surface area contributed by atoms with Crippen LogP contribution in [0.4, 0.5) is 5.69 Å². The molecule has 1 aromatic carbocycles. The van der Waals surface area contributed by atoms with Gasteiger partial charge in [-0.3, -0.25) is 9.30 Å². The molecule has 0 aliphatic carbocycles. The van der Waals surface area contributed by atoms with E-state index in [0.717, 1.165) is 0 Å². The first-order valence-corrected chi connectivity index (χ1v) is 7.18. The number of anilines is 1. The Hall–Kier alpha value is -1.56. The van der Waals surface area contributed by atoms with E-state index in [0.29, 0.717) is 24.4 Å². The van der Waals surface area contributed by atoms with Crippen molar-refractivity contribution in [2.24, 2.45) is 4.99 Å². The van der Waals surface area contributed by atoms with Gasteiger partial charge in [0.05, 0.1) is 12.8 Å². The van der Waals surface area contributed by atoms with E-state index in [1.54, 1.807) is 38.4 Å². The predicted molar refractivity (Wildman–Crippen MR) is 72.1 cm³/mol. The monoisotopic (exact) mass is 268 g/mol. The Morgan fingerprint density at radius 3 is 2.61 bits per heavy atom. The van der Waals surface area contributed by atoms with Crippen molar-refractivity contribution in [3.8, 4) is 5.75 Å². The van der Waals surface area contributed by atoms with Crippen LogP contribution in [0.3, 0.4) is 0 Å². The summed E-state index contributed by atoms with van der Waals surface area (Å²) in [4.78, 5) is 3.82. The van der Waals surface area contributed by atoms with Crippen LogP contribution >= 0.6 is 0 Å². The fourth-order valence-electron chi connectivity index (χ4n) is 2.03. The van der Waals surface area contributed by atoms with Crippen LogP contribution in [0.5, 0.6) is 5.75 Å². The molecule has 1 aromatic rings. The Morgan fingerprint density at radius 2 is 2.06 bits per heavy atom. The molecule has 0 aromatic heterocycles. The topological polar surface area (TPSA) is 59.0 Å². The summed E-state index contributed by atoms with van der Waals surface area (Å²) in [6, 6.07) is 7.02. The van der Waals surface area contributed by atoms with E-state index < -0.39 is 15.3 Å². The molecule has 0 bridgehead atoms. The number of benzene rings is 1. The van der Waals surface area contributed by atoms with Gasteiger partial charge in [0.15, 0.2) is 0 Å². The first-order valence-electron chi connectivity index (χ1n) is 5.67. The largest absolute Gasteiger partial charge is 0.497 e. The molecule has 1 saturated heterocycles. The van der Waals surface area contributed by atoms with E-state index in [2.05, 4.69) is 4.99 Å². The Bertz CT molecular complexity index is 537. The maximum Gasteiger partial charge on any atom is 0.243 e. The fraction of sp³-hybridized carbons (Fsp3) is 0.417. The molecule has 1 aliphatic rings. The van der Waals surface area contributed by atoms with Crippen LogP contribution in [0.15, 0.2) is 29.3 Å². The van der Waals surface area contributed by atoms with Gasteiger partial charge < -0.3 is 4.74 Å². The molecule has 1 heterocycles. The van der Waals surface area contributed by atoms with Crippen LogP contribution in [0.2, 0.25) is 0 Å². The van der Waals surface area contributed by atoms with Gasteiger partial charge in [-0.05, 0) is 30.7 Å². The summed E-state index contributed by atoms with van der Waals surface area (Å²) in [5.74, 6) is 0.710. The molecular formula is C12H16N2O3S. The lowest BCUT2D eigenvalue weighted by Crippen LogP contribution is -2.29. The molecule has 0 amide bonds. The number of methoxy groups -OCH3 is 1. The lowest BCUT2D eigenvalue weighted by atomic mass is 10.3. The van der Waals surface area contributed by atoms with Crippen molar-refractivity contribution in [2.75, 3.05) is 25.0 Å². The average molecular weight is 268 g/mol. The molecule has 98 valence electrons. The summed E-state index contributed by atoms with van der Waals surface area (Å²) < 4.78 is 31.0. The van der Waals surface area contributed by atoms with Gasteiger partial charge in [0.2, 0.25) is 10.0 Å². The second-order valence-corrected chi connectivity index (χ2v) is 6.13. The van der Waals surface area contributed by atoms with Gasteiger partial charge in [-0.2, -0.15) is 0 Å². The Kier molecular flexibility index (Phi) is 3.56. The molecule has 6 heteroatoms. The number of nitrogens with zero attached hydrogens (tertiary/aromatic N) is 2. The van der Waals surface area contributed by atoms with E-state index in [9.17, 15) is 8.42 Å². The van der Waals surface area contributed by atoms with Crippen molar-refractivity contribution < 1.29 is 13.2 Å². The first kappa shape index (κ1) is 12.9. The van der Waals surface area contributed by atoms with Crippen LogP contribution in [-0.4, -0.2) is 40.6 Å². The standard InChI is InChI=1S/C12H16N2O3S/c1-13-9-12-7-8-14(18(12,15)16)10-3-5-11(17-2)6-4-10/h3-6,9,12H,7-8H2,1-2H3. The lowest BCUT2D eigenvalue weighted by molar-refractivity contribution is 0.415. The van der Waals surface area contributed by atoms with Crippen LogP contribution in [0.1, 0.15) is 6.42 Å². The summed E-state index contributed by atoms with van der Waals surface area (Å²) in [6.45, 7) is 0.491. The molecule has 0 radical (unpaired) electrons. The lowest BCUT2D eigenvalue weighted by Gasteiger charge is -2.18. The van der Waals surface area contributed by atoms with Gasteiger partial charge in [-0.15, -0.1) is 0 Å². The predicted octanol–water partition coefficient (Wildman–Crippen LogP) is 1.30. The van der Waals surface area contributed by atoms with Crippen LogP contribution in [-0.2, 0) is 10.0 Å². The molecule has 1 unspecified atom stereocenters. The molecule has 0 N–H and O–H groups in total. The zero-order chi connectivity index (χ0) is 13.2. The molecular weight excluding hydrogens is 252 g/mol. The van der Waals surface area contributed by atoms with Crippen molar-refractivity contribution >= 4 is 21.9 Å². The number of sulfonamides is 1. The highest BCUT2D eigenvalue weighted by Gasteiger charge is 2.37. The highest BCUT2D eigenvalue weighted by Crippen LogP contribution is 2.29. The molecule has 1 aliphatic heterocycles. The summed E-state index contributed by atoms with van der Waals surface area (Å²) in [5, 5.41) is -0.510. The summed E-state index contributed by atoms with van der Waals surface area (Å²) in [6.07, 6.45) is 2.07. The van der Waals surface area contributed by atoms with E-state index in [1.807, 2.05) is 0 Å². The van der Waals surface area contributed by atoms with Gasteiger partial charge in [0, 0.05) is 19.8 Å². The quantitative estimate of drug-likeness (QED) is 0.776. The fourth-order valence-corrected chi connectivity index (χ4v) is 3.81. The van der Waals surface area contributed by atoms with Crippen LogP contribution < -0.4 is 9.04 Å². The Balaban J connectivity index is 2.29. The van der Waals surface area contributed by atoms with Crippen LogP contribution in [0, 0.1) is 0 Å². The summed E-state index contributed by atoms with van der Waals surface area (Å²) in [5.41, 5.74) is 0.669. The SMILES string of the molecule is CN=CC1CCN(c2ccc(OC)cc2)S1(=O)=O. The van der Waals surface area contributed by atoms with Gasteiger partial charge in [-0.25, -0.2) is 8.42 Å². The second kappa shape index (κ2) is 4.97. The number of ether oxygens (including phenoxy) is 1. The first-order chi connectivity index (χ1) is 8.59. The number of rotatable bonds is 3. The van der Waals surface area contributed by atoms with Gasteiger partial charge >= 0.3 is 0 Å². The third kappa shape index (κ3) is 2.20. The minimum Gasteiger partial charge on any atom is -0.497 e. The van der Waals surface area contributed by atoms with E-state index in [4.69, 9.17) is 4.74 Å². The number of aliphatic imine (C=N–C) groups is 1. The van der Waals surface area contributed by atoms with Crippen molar-refractivity contribution in [1.29, 1.82) is 0 Å². The molecule has 0 spiro atoms. The number of hydrogen-bond donors (Lipinski definition) is 0. The zero-order valence-corrected chi connectivity index (χ0v) is 11.2. The maximum absolute atomic E-state index is 12.2. The third-order valence-corrected chi connectivity index (χ3v) is 5.11. The number of hydrogen-bond acceptors (Lipinski definition) is 4. The molecule has 18 heavy (non-hydrogen) atoms. The zero-order valence-electron chi connectivity index (χ0n) is 10.4. The molecule has 5 nitrogen and oxygen atoms in total. The van der Waals surface area contributed by atoms with E-state index in [-0.39, 0.29) is 0 Å². The van der Waals surface area contributed by atoms with Gasteiger partial charge in [0.25, 0.3) is 0 Å². The van der Waals surface area contributed by atoms with Gasteiger partial charge in [-0.1, -0.05) is 0 Å². The minimum atomic E-state index is -3.32. The van der Waals surface area contributed by atoms with Crippen molar-refractivity contribution in [1.82, 2.24) is 0 Å². The molecule has 2 rings (SSSR count). The van der Waals surface area contributed by atoms with E-state index in [1.165, 1.54) is 10.5 Å². The van der Waals surface area contributed by atoms with E-state index >= 15 is 0 Å². The molecule has 1 fully saturated rings. The Morgan fingerprint density at radius 1 is 1.39 bits per heavy atom.